The van der Waals surface area contributed by atoms with E-state index in [1.807, 2.05) is 0 Å². The summed E-state index contributed by atoms with van der Waals surface area (Å²) in [6.07, 6.45) is 2.05. The van der Waals surface area contributed by atoms with Crippen molar-refractivity contribution in [1.29, 1.82) is 0 Å². The average Bonchev–Trinajstić information content (AvgIpc) is 2.15. The molecule has 78 valence electrons. The van der Waals surface area contributed by atoms with Gasteiger partial charge in [0.15, 0.2) is 0 Å². The number of halogens is 2. The molecule has 2 heteroatoms. The van der Waals surface area contributed by atoms with Gasteiger partial charge < -0.3 is 0 Å². The van der Waals surface area contributed by atoms with Crippen LogP contribution in [0.3, 0.4) is 0 Å². The average molecular weight is 215 g/mol. The van der Waals surface area contributed by atoms with E-state index in [1.54, 1.807) is 12.1 Å². The number of rotatable bonds is 4. The number of alkyl halides is 1. The van der Waals surface area contributed by atoms with Crippen molar-refractivity contribution in [3.63, 3.8) is 0 Å². The molecule has 1 rings (SSSR count). The Kier molecular flexibility index (Phi) is 4.40. The van der Waals surface area contributed by atoms with Crippen LogP contribution in [0.5, 0.6) is 0 Å². The van der Waals surface area contributed by atoms with Crippen LogP contribution < -0.4 is 0 Å². The second-order valence-electron chi connectivity index (χ2n) is 3.99. The maximum Gasteiger partial charge on any atom is 0.123 e. The van der Waals surface area contributed by atoms with Gasteiger partial charge in [-0.25, -0.2) is 4.39 Å². The minimum atomic E-state index is -0.207. The van der Waals surface area contributed by atoms with Crippen LogP contribution in [-0.2, 0) is 0 Å². The van der Waals surface area contributed by atoms with Crippen molar-refractivity contribution < 1.29 is 4.39 Å². The number of benzene rings is 1. The molecule has 1 aromatic carbocycles. The first-order valence-corrected chi connectivity index (χ1v) is 5.42. The van der Waals surface area contributed by atoms with Gasteiger partial charge in [-0.05, 0) is 36.5 Å². The van der Waals surface area contributed by atoms with Gasteiger partial charge in [-0.15, -0.1) is 11.6 Å². The van der Waals surface area contributed by atoms with E-state index in [0.29, 0.717) is 5.92 Å². The van der Waals surface area contributed by atoms with Crippen molar-refractivity contribution in [2.45, 2.75) is 32.1 Å². The standard InChI is InChI=1S/C12H16ClF/c1-9(2)3-8-12(13)10-4-6-11(14)7-5-10/h4-7,9,12H,3,8H2,1-2H3. The first-order valence-electron chi connectivity index (χ1n) is 4.99. The van der Waals surface area contributed by atoms with E-state index in [-0.39, 0.29) is 11.2 Å². The maximum atomic E-state index is 12.6. The molecule has 0 saturated carbocycles. The van der Waals surface area contributed by atoms with Gasteiger partial charge in [0.2, 0.25) is 0 Å². The third-order valence-corrected chi connectivity index (χ3v) is 2.70. The Morgan fingerprint density at radius 1 is 1.14 bits per heavy atom. The largest absolute Gasteiger partial charge is 0.207 e. The summed E-state index contributed by atoms with van der Waals surface area (Å²) >= 11 is 6.18. The smallest absolute Gasteiger partial charge is 0.123 e. The fourth-order valence-corrected chi connectivity index (χ4v) is 1.59. The Hall–Kier alpha value is -0.560. The first-order chi connectivity index (χ1) is 6.59. The van der Waals surface area contributed by atoms with Crippen LogP contribution in [0.4, 0.5) is 4.39 Å². The maximum absolute atomic E-state index is 12.6. The summed E-state index contributed by atoms with van der Waals surface area (Å²) in [5, 5.41) is 0.0120. The third kappa shape index (κ3) is 3.67. The lowest BCUT2D eigenvalue weighted by molar-refractivity contribution is 0.548. The molecule has 0 aliphatic rings. The highest BCUT2D eigenvalue weighted by Crippen LogP contribution is 2.27. The summed E-state index contributed by atoms with van der Waals surface area (Å²) < 4.78 is 12.6. The Morgan fingerprint density at radius 3 is 2.21 bits per heavy atom. The predicted molar refractivity (Wildman–Crippen MR) is 59.1 cm³/mol. The lowest BCUT2D eigenvalue weighted by Crippen LogP contribution is -1.94. The van der Waals surface area contributed by atoms with E-state index in [4.69, 9.17) is 11.6 Å². The zero-order valence-electron chi connectivity index (χ0n) is 8.63. The zero-order valence-corrected chi connectivity index (χ0v) is 9.39. The van der Waals surface area contributed by atoms with Gasteiger partial charge in [0.25, 0.3) is 0 Å². The van der Waals surface area contributed by atoms with Gasteiger partial charge in [-0.2, -0.15) is 0 Å². The summed E-state index contributed by atoms with van der Waals surface area (Å²) in [6.45, 7) is 4.35. The molecule has 1 unspecified atom stereocenters. The van der Waals surface area contributed by atoms with Crippen LogP contribution in [-0.4, -0.2) is 0 Å². The fraction of sp³-hybridized carbons (Fsp3) is 0.500. The molecule has 1 aromatic rings. The van der Waals surface area contributed by atoms with Gasteiger partial charge in [-0.3, -0.25) is 0 Å². The van der Waals surface area contributed by atoms with Crippen molar-refractivity contribution in [3.8, 4) is 0 Å². The molecule has 0 aromatic heterocycles. The Balaban J connectivity index is 2.52. The SMILES string of the molecule is CC(C)CCC(Cl)c1ccc(F)cc1. The Morgan fingerprint density at radius 2 is 1.71 bits per heavy atom. The summed E-state index contributed by atoms with van der Waals surface area (Å²) in [4.78, 5) is 0. The lowest BCUT2D eigenvalue weighted by atomic mass is 10.0. The van der Waals surface area contributed by atoms with Crippen molar-refractivity contribution in [1.82, 2.24) is 0 Å². The molecule has 0 radical (unpaired) electrons. The predicted octanol–water partition coefficient (Wildman–Crippen LogP) is 4.54. The van der Waals surface area contributed by atoms with E-state index in [9.17, 15) is 4.39 Å². The molecule has 0 saturated heterocycles. The van der Waals surface area contributed by atoms with E-state index in [2.05, 4.69) is 13.8 Å². The molecule has 0 fully saturated rings. The van der Waals surface area contributed by atoms with Crippen LogP contribution in [0, 0.1) is 11.7 Å². The van der Waals surface area contributed by atoms with Crippen LogP contribution in [0.1, 0.15) is 37.6 Å². The number of hydrogen-bond acceptors (Lipinski definition) is 0. The minimum Gasteiger partial charge on any atom is -0.207 e. The minimum absolute atomic E-state index is 0.0120. The van der Waals surface area contributed by atoms with Gasteiger partial charge in [0.1, 0.15) is 5.82 Å². The molecule has 0 spiro atoms. The van der Waals surface area contributed by atoms with Crippen LogP contribution >= 0.6 is 11.6 Å². The zero-order chi connectivity index (χ0) is 10.6. The summed E-state index contributed by atoms with van der Waals surface area (Å²) in [7, 11) is 0. The third-order valence-electron chi connectivity index (χ3n) is 2.23. The van der Waals surface area contributed by atoms with Crippen molar-refractivity contribution in [3.05, 3.63) is 35.6 Å². The van der Waals surface area contributed by atoms with E-state index in [1.165, 1.54) is 12.1 Å². The number of hydrogen-bond donors (Lipinski definition) is 0. The normalized spacial score (nSPS) is 13.2. The van der Waals surface area contributed by atoms with Crippen LogP contribution in [0.2, 0.25) is 0 Å². The lowest BCUT2D eigenvalue weighted by Gasteiger charge is -2.11. The van der Waals surface area contributed by atoms with Crippen molar-refractivity contribution in [2.75, 3.05) is 0 Å². The highest BCUT2D eigenvalue weighted by Gasteiger charge is 2.08. The van der Waals surface area contributed by atoms with E-state index in [0.717, 1.165) is 18.4 Å². The molecule has 0 nitrogen and oxygen atoms in total. The summed E-state index contributed by atoms with van der Waals surface area (Å²) in [5.41, 5.74) is 1.01. The molecule has 0 amide bonds. The quantitative estimate of drug-likeness (QED) is 0.646. The highest BCUT2D eigenvalue weighted by molar-refractivity contribution is 6.20. The van der Waals surface area contributed by atoms with Crippen LogP contribution in [0.15, 0.2) is 24.3 Å². The summed E-state index contributed by atoms with van der Waals surface area (Å²) in [5.74, 6) is 0.457. The van der Waals surface area contributed by atoms with Crippen molar-refractivity contribution >= 4 is 11.6 Å². The molecule has 0 aliphatic heterocycles. The molecule has 0 bridgehead atoms. The molecule has 1 atom stereocenters. The van der Waals surface area contributed by atoms with E-state index >= 15 is 0 Å². The van der Waals surface area contributed by atoms with Gasteiger partial charge in [0.05, 0.1) is 5.38 Å². The molecular formula is C12H16ClF. The second-order valence-corrected chi connectivity index (χ2v) is 4.52. The Labute approximate surface area is 90.1 Å². The molecular weight excluding hydrogens is 199 g/mol. The van der Waals surface area contributed by atoms with Crippen molar-refractivity contribution in [2.24, 2.45) is 5.92 Å². The molecule has 0 heterocycles. The van der Waals surface area contributed by atoms with Gasteiger partial charge in [-0.1, -0.05) is 26.0 Å². The molecule has 14 heavy (non-hydrogen) atoms. The highest BCUT2D eigenvalue weighted by atomic mass is 35.5. The molecule has 0 aliphatic carbocycles. The topological polar surface area (TPSA) is 0 Å². The van der Waals surface area contributed by atoms with Gasteiger partial charge in [0, 0.05) is 0 Å². The first kappa shape index (κ1) is 11.5. The summed E-state index contributed by atoms with van der Waals surface area (Å²) in [6, 6.07) is 6.43. The molecule has 0 N–H and O–H groups in total. The van der Waals surface area contributed by atoms with E-state index < -0.39 is 0 Å². The van der Waals surface area contributed by atoms with Gasteiger partial charge >= 0.3 is 0 Å². The second kappa shape index (κ2) is 5.35. The van der Waals surface area contributed by atoms with Crippen LogP contribution in [0.25, 0.3) is 0 Å². The fourth-order valence-electron chi connectivity index (χ4n) is 1.32. The Bertz CT molecular complexity index is 266. The monoisotopic (exact) mass is 214 g/mol.